The van der Waals surface area contributed by atoms with E-state index in [1.807, 2.05) is 46.8 Å². The van der Waals surface area contributed by atoms with Crippen LogP contribution in [0.5, 0.6) is 0 Å². The van der Waals surface area contributed by atoms with Crippen LogP contribution in [0.15, 0.2) is 12.2 Å². The fourth-order valence-corrected chi connectivity index (χ4v) is 3.70. The van der Waals surface area contributed by atoms with E-state index in [1.165, 1.54) is 6.92 Å². The number of hydrogen-bond donors (Lipinski definition) is 0. The van der Waals surface area contributed by atoms with E-state index in [0.717, 1.165) is 6.42 Å². The van der Waals surface area contributed by atoms with Gasteiger partial charge in [0.15, 0.2) is 11.6 Å². The van der Waals surface area contributed by atoms with E-state index in [0.29, 0.717) is 13.2 Å². The molecule has 0 N–H and O–H groups in total. The van der Waals surface area contributed by atoms with Crippen molar-refractivity contribution in [2.75, 3.05) is 13.2 Å². The number of carbonyl (C=O) groups is 1. The summed E-state index contributed by atoms with van der Waals surface area (Å²) >= 11 is 0. The Labute approximate surface area is 154 Å². The lowest BCUT2D eigenvalue weighted by Gasteiger charge is -2.39. The average molecular weight is 370 g/mol. The zero-order chi connectivity index (χ0) is 19.2. The van der Waals surface area contributed by atoms with Crippen molar-refractivity contribution in [3.63, 3.8) is 0 Å². The van der Waals surface area contributed by atoms with Crippen molar-refractivity contribution in [2.45, 2.75) is 83.6 Å². The van der Waals surface area contributed by atoms with Crippen molar-refractivity contribution in [3.8, 4) is 0 Å². The summed E-state index contributed by atoms with van der Waals surface area (Å²) in [4.78, 5) is 11.1. The molecule has 3 fully saturated rings. The molecule has 7 nitrogen and oxygen atoms in total. The molecule has 3 heterocycles. The van der Waals surface area contributed by atoms with Crippen LogP contribution in [0, 0.1) is 5.92 Å². The van der Waals surface area contributed by atoms with Gasteiger partial charge < -0.3 is 28.4 Å². The molecule has 3 rings (SSSR count). The second-order valence-electron chi connectivity index (χ2n) is 8.04. The van der Waals surface area contributed by atoms with Crippen LogP contribution >= 0.6 is 0 Å². The number of hydrogen-bond acceptors (Lipinski definition) is 7. The standard InChI is InChI=1S/C19H30O7/c1-7-13(10-21-12(2)20)8-9-19-16(25-18(5,6)26-19)15-14(11-22-19)23-17(3,4)24-15/h8-9,13-16H,7,10-11H2,1-6H3/b9-8-/t13-,14-,15-,16+,19+/m1/s1. The Morgan fingerprint density at radius 3 is 2.58 bits per heavy atom. The minimum atomic E-state index is -1.04. The van der Waals surface area contributed by atoms with Crippen LogP contribution in [0.1, 0.15) is 48.0 Å². The third kappa shape index (κ3) is 3.97. The molecule has 0 radical (unpaired) electrons. The van der Waals surface area contributed by atoms with Crippen LogP contribution in [0.2, 0.25) is 0 Å². The predicted molar refractivity (Wildman–Crippen MR) is 92.1 cm³/mol. The van der Waals surface area contributed by atoms with Gasteiger partial charge in [-0.3, -0.25) is 4.79 Å². The van der Waals surface area contributed by atoms with Gasteiger partial charge in [-0.2, -0.15) is 0 Å². The maximum absolute atomic E-state index is 11.1. The van der Waals surface area contributed by atoms with Crippen LogP contribution in [0.4, 0.5) is 0 Å². The van der Waals surface area contributed by atoms with E-state index in [2.05, 4.69) is 0 Å². The van der Waals surface area contributed by atoms with Crippen molar-refractivity contribution in [2.24, 2.45) is 5.92 Å². The van der Waals surface area contributed by atoms with E-state index >= 15 is 0 Å². The molecule has 148 valence electrons. The van der Waals surface area contributed by atoms with Gasteiger partial charge in [-0.25, -0.2) is 0 Å². The van der Waals surface area contributed by atoms with Crippen molar-refractivity contribution >= 4 is 5.97 Å². The predicted octanol–water partition coefficient (Wildman–Crippen LogP) is 2.53. The van der Waals surface area contributed by atoms with Gasteiger partial charge in [0, 0.05) is 12.8 Å². The van der Waals surface area contributed by atoms with Gasteiger partial charge in [-0.05, 0) is 40.2 Å². The summed E-state index contributed by atoms with van der Waals surface area (Å²) in [6.45, 7) is 11.6. The molecule has 3 saturated heterocycles. The molecule has 0 spiro atoms. The highest BCUT2D eigenvalue weighted by atomic mass is 16.9. The van der Waals surface area contributed by atoms with Crippen LogP contribution < -0.4 is 0 Å². The molecule has 0 aromatic heterocycles. The van der Waals surface area contributed by atoms with E-state index in [1.54, 1.807) is 0 Å². The monoisotopic (exact) mass is 370 g/mol. The topological polar surface area (TPSA) is 72.5 Å². The number of ether oxygens (including phenoxy) is 6. The lowest BCUT2D eigenvalue weighted by atomic mass is 9.95. The molecule has 0 unspecified atom stereocenters. The highest BCUT2D eigenvalue weighted by Gasteiger charge is 2.64. The van der Waals surface area contributed by atoms with E-state index in [-0.39, 0.29) is 24.1 Å². The first kappa shape index (κ1) is 19.8. The number of carbonyl (C=O) groups excluding carboxylic acids is 1. The summed E-state index contributed by atoms with van der Waals surface area (Å²) in [5, 5.41) is 0. The first-order chi connectivity index (χ1) is 12.1. The van der Waals surface area contributed by atoms with Crippen molar-refractivity contribution in [3.05, 3.63) is 12.2 Å². The molecule has 3 aliphatic rings. The summed E-state index contributed by atoms with van der Waals surface area (Å²) in [5.41, 5.74) is 0. The molecule has 7 heteroatoms. The van der Waals surface area contributed by atoms with E-state index in [4.69, 9.17) is 28.4 Å². The summed E-state index contributed by atoms with van der Waals surface area (Å²) in [6.07, 6.45) is 3.76. The largest absolute Gasteiger partial charge is 0.465 e. The Hall–Kier alpha value is -0.990. The van der Waals surface area contributed by atoms with Gasteiger partial charge in [-0.1, -0.05) is 13.0 Å². The van der Waals surface area contributed by atoms with Crippen molar-refractivity contribution in [1.29, 1.82) is 0 Å². The van der Waals surface area contributed by atoms with Gasteiger partial charge >= 0.3 is 5.97 Å². The maximum atomic E-state index is 11.1. The van der Waals surface area contributed by atoms with Gasteiger partial charge in [0.05, 0.1) is 13.2 Å². The third-order valence-corrected chi connectivity index (χ3v) is 4.83. The molecule has 0 bridgehead atoms. The number of fused-ring (bicyclic) bond motifs is 3. The smallest absolute Gasteiger partial charge is 0.302 e. The fourth-order valence-electron chi connectivity index (χ4n) is 3.70. The Kier molecular flexibility index (Phi) is 5.22. The van der Waals surface area contributed by atoms with Crippen LogP contribution in [0.25, 0.3) is 0 Å². The lowest BCUT2D eigenvalue weighted by Crippen LogP contribution is -2.57. The highest BCUT2D eigenvalue weighted by molar-refractivity contribution is 5.65. The summed E-state index contributed by atoms with van der Waals surface area (Å²) < 4.78 is 35.5. The van der Waals surface area contributed by atoms with Gasteiger partial charge in [0.2, 0.25) is 5.79 Å². The number of esters is 1. The van der Waals surface area contributed by atoms with Crippen molar-refractivity contribution in [1.82, 2.24) is 0 Å². The van der Waals surface area contributed by atoms with E-state index in [9.17, 15) is 4.79 Å². The molecular formula is C19H30O7. The van der Waals surface area contributed by atoms with Gasteiger partial charge in [0.1, 0.15) is 18.3 Å². The minimum absolute atomic E-state index is 0.0692. The second-order valence-corrected chi connectivity index (χ2v) is 8.04. The zero-order valence-corrected chi connectivity index (χ0v) is 16.4. The first-order valence-electron chi connectivity index (χ1n) is 9.26. The Morgan fingerprint density at radius 1 is 1.19 bits per heavy atom. The molecular weight excluding hydrogens is 340 g/mol. The number of rotatable bonds is 5. The molecule has 0 amide bonds. The SMILES string of the molecule is CC[C@H](/C=C\[C@@]12OC[C@H]3OC(C)(C)O[C@H]3[C@@H]1OC(C)(C)O2)COC(C)=O. The second kappa shape index (κ2) is 6.87. The van der Waals surface area contributed by atoms with Gasteiger partial charge in [0.25, 0.3) is 0 Å². The Morgan fingerprint density at radius 2 is 1.92 bits per heavy atom. The quantitative estimate of drug-likeness (QED) is 0.544. The molecule has 0 aliphatic carbocycles. The maximum Gasteiger partial charge on any atom is 0.302 e. The molecule has 0 aromatic rings. The lowest BCUT2D eigenvalue weighted by molar-refractivity contribution is -0.253. The van der Waals surface area contributed by atoms with Crippen LogP contribution in [0.3, 0.4) is 0 Å². The molecule has 0 aromatic carbocycles. The van der Waals surface area contributed by atoms with Crippen LogP contribution in [-0.4, -0.2) is 54.9 Å². The van der Waals surface area contributed by atoms with Crippen molar-refractivity contribution < 1.29 is 33.2 Å². The normalized spacial score (nSPS) is 38.8. The summed E-state index contributed by atoms with van der Waals surface area (Å²) in [5.74, 6) is -2.75. The van der Waals surface area contributed by atoms with E-state index < -0.39 is 23.5 Å². The first-order valence-corrected chi connectivity index (χ1v) is 9.26. The minimum Gasteiger partial charge on any atom is -0.465 e. The Balaban J connectivity index is 1.81. The molecule has 26 heavy (non-hydrogen) atoms. The fraction of sp³-hybridized carbons (Fsp3) is 0.842. The molecule has 3 aliphatic heterocycles. The van der Waals surface area contributed by atoms with Crippen LogP contribution in [-0.2, 0) is 33.2 Å². The average Bonchev–Trinajstić information content (AvgIpc) is 2.98. The third-order valence-electron chi connectivity index (χ3n) is 4.83. The van der Waals surface area contributed by atoms with Gasteiger partial charge in [-0.15, -0.1) is 0 Å². The Bertz CT molecular complexity index is 570. The molecule has 0 saturated carbocycles. The summed E-state index contributed by atoms with van der Waals surface area (Å²) in [6, 6.07) is 0. The zero-order valence-electron chi connectivity index (χ0n) is 16.4. The highest BCUT2D eigenvalue weighted by Crippen LogP contribution is 2.48. The molecule has 5 atom stereocenters. The summed E-state index contributed by atoms with van der Waals surface area (Å²) in [7, 11) is 0.